The van der Waals surface area contributed by atoms with E-state index in [0.717, 1.165) is 12.8 Å². The zero-order chi connectivity index (χ0) is 6.10. The van der Waals surface area contributed by atoms with Crippen molar-refractivity contribution in [3.05, 3.63) is 35.7 Å². The van der Waals surface area contributed by atoms with E-state index < -0.39 is 0 Å². The predicted octanol–water partition coefficient (Wildman–Crippen LogP) is 1.71. The van der Waals surface area contributed by atoms with Gasteiger partial charge in [-0.1, -0.05) is 12.2 Å². The van der Waals surface area contributed by atoms with Crippen molar-refractivity contribution in [2.24, 2.45) is 0 Å². The molecule has 1 heterocycles. The van der Waals surface area contributed by atoms with E-state index in [9.17, 15) is 0 Å². The number of allylic oxidation sites excluding steroid dienone is 4. The van der Waals surface area contributed by atoms with Crippen molar-refractivity contribution in [3.63, 3.8) is 0 Å². The lowest BCUT2D eigenvalue weighted by molar-refractivity contribution is 0.976. The SMILES string of the molecule is C1=CNC2=C(C1)CC=C2. The van der Waals surface area contributed by atoms with E-state index in [-0.39, 0.29) is 0 Å². The van der Waals surface area contributed by atoms with Crippen LogP contribution in [0.1, 0.15) is 12.8 Å². The normalized spacial score (nSPS) is 22.2. The molecule has 1 aliphatic carbocycles. The lowest BCUT2D eigenvalue weighted by Crippen LogP contribution is -2.06. The topological polar surface area (TPSA) is 12.0 Å². The fraction of sp³-hybridized carbons (Fsp3) is 0.250. The summed E-state index contributed by atoms with van der Waals surface area (Å²) in [4.78, 5) is 0. The first-order chi connectivity index (χ1) is 4.47. The van der Waals surface area contributed by atoms with Crippen LogP contribution in [0.15, 0.2) is 35.7 Å². The average Bonchev–Trinajstić information content (AvgIpc) is 2.33. The molecule has 1 nitrogen and oxygen atoms in total. The summed E-state index contributed by atoms with van der Waals surface area (Å²) in [7, 11) is 0. The van der Waals surface area contributed by atoms with Crippen LogP contribution in [0.4, 0.5) is 0 Å². The molecule has 1 heteroatoms. The third-order valence-corrected chi connectivity index (χ3v) is 1.75. The van der Waals surface area contributed by atoms with Crippen LogP contribution in [0.2, 0.25) is 0 Å². The molecule has 1 N–H and O–H groups in total. The maximum atomic E-state index is 3.19. The van der Waals surface area contributed by atoms with Crippen LogP contribution in [0.25, 0.3) is 0 Å². The summed E-state index contributed by atoms with van der Waals surface area (Å²) in [6, 6.07) is 0. The van der Waals surface area contributed by atoms with E-state index in [1.165, 1.54) is 11.3 Å². The summed E-state index contributed by atoms with van der Waals surface area (Å²) >= 11 is 0. The highest BCUT2D eigenvalue weighted by Gasteiger charge is 2.08. The minimum absolute atomic E-state index is 1.13. The Morgan fingerprint density at radius 2 is 2.11 bits per heavy atom. The van der Waals surface area contributed by atoms with Crippen LogP contribution in [-0.4, -0.2) is 0 Å². The number of rotatable bonds is 0. The predicted molar refractivity (Wildman–Crippen MR) is 37.7 cm³/mol. The van der Waals surface area contributed by atoms with Gasteiger partial charge in [0.1, 0.15) is 0 Å². The molecule has 9 heavy (non-hydrogen) atoms. The van der Waals surface area contributed by atoms with Gasteiger partial charge in [0.15, 0.2) is 0 Å². The molecule has 0 saturated carbocycles. The molecule has 0 aromatic rings. The summed E-state index contributed by atoms with van der Waals surface area (Å²) in [6.07, 6.45) is 10.8. The Bertz CT molecular complexity index is 209. The molecule has 0 aromatic heterocycles. The second-order valence-electron chi connectivity index (χ2n) is 2.37. The highest BCUT2D eigenvalue weighted by molar-refractivity contribution is 5.36. The largest absolute Gasteiger partial charge is 0.362 e. The monoisotopic (exact) mass is 119 g/mol. The van der Waals surface area contributed by atoms with E-state index in [0.29, 0.717) is 0 Å². The van der Waals surface area contributed by atoms with Gasteiger partial charge >= 0.3 is 0 Å². The summed E-state index contributed by atoms with van der Waals surface area (Å²) in [5.74, 6) is 0. The van der Waals surface area contributed by atoms with Gasteiger partial charge in [-0.05, 0) is 30.7 Å². The van der Waals surface area contributed by atoms with Gasteiger partial charge in [0.05, 0.1) is 0 Å². The number of nitrogens with one attached hydrogen (secondary N) is 1. The Morgan fingerprint density at radius 3 is 3.00 bits per heavy atom. The van der Waals surface area contributed by atoms with Crippen molar-refractivity contribution in [2.45, 2.75) is 12.8 Å². The molecule has 0 aromatic carbocycles. The molecule has 0 amide bonds. The maximum Gasteiger partial charge on any atom is 0.0374 e. The molecule has 0 fully saturated rings. The zero-order valence-electron chi connectivity index (χ0n) is 5.22. The Labute approximate surface area is 54.8 Å². The van der Waals surface area contributed by atoms with Gasteiger partial charge in [-0.15, -0.1) is 0 Å². The third kappa shape index (κ3) is 0.689. The Hall–Kier alpha value is -0.980. The first-order valence-corrected chi connectivity index (χ1v) is 3.27. The fourth-order valence-electron chi connectivity index (χ4n) is 1.24. The quantitative estimate of drug-likeness (QED) is 0.512. The first-order valence-electron chi connectivity index (χ1n) is 3.27. The van der Waals surface area contributed by atoms with E-state index in [4.69, 9.17) is 0 Å². The minimum atomic E-state index is 1.13. The van der Waals surface area contributed by atoms with Crippen molar-refractivity contribution in [1.29, 1.82) is 0 Å². The van der Waals surface area contributed by atoms with Gasteiger partial charge in [0.2, 0.25) is 0 Å². The summed E-state index contributed by atoms with van der Waals surface area (Å²) < 4.78 is 0. The molecule has 0 atom stereocenters. The molecule has 46 valence electrons. The van der Waals surface area contributed by atoms with Crippen LogP contribution in [0.5, 0.6) is 0 Å². The second kappa shape index (κ2) is 1.76. The van der Waals surface area contributed by atoms with Crippen LogP contribution in [0, 0.1) is 0 Å². The van der Waals surface area contributed by atoms with Gasteiger partial charge in [-0.3, -0.25) is 0 Å². The van der Waals surface area contributed by atoms with Crippen molar-refractivity contribution >= 4 is 0 Å². The highest BCUT2D eigenvalue weighted by atomic mass is 14.9. The first kappa shape index (κ1) is 4.86. The lowest BCUT2D eigenvalue weighted by Gasteiger charge is -2.08. The lowest BCUT2D eigenvalue weighted by atomic mass is 10.1. The van der Waals surface area contributed by atoms with E-state index in [1.807, 2.05) is 6.20 Å². The zero-order valence-corrected chi connectivity index (χ0v) is 5.22. The third-order valence-electron chi connectivity index (χ3n) is 1.75. The van der Waals surface area contributed by atoms with Crippen molar-refractivity contribution < 1.29 is 0 Å². The molecular weight excluding hydrogens is 110 g/mol. The Balaban J connectivity index is 2.28. The Kier molecular flexibility index (Phi) is 0.950. The summed E-state index contributed by atoms with van der Waals surface area (Å²) in [5, 5.41) is 3.19. The van der Waals surface area contributed by atoms with Gasteiger partial charge in [0.25, 0.3) is 0 Å². The minimum Gasteiger partial charge on any atom is -0.362 e. The van der Waals surface area contributed by atoms with Crippen LogP contribution in [0.3, 0.4) is 0 Å². The van der Waals surface area contributed by atoms with Gasteiger partial charge < -0.3 is 5.32 Å². The van der Waals surface area contributed by atoms with E-state index >= 15 is 0 Å². The van der Waals surface area contributed by atoms with E-state index in [1.54, 1.807) is 0 Å². The van der Waals surface area contributed by atoms with Gasteiger partial charge in [-0.2, -0.15) is 0 Å². The smallest absolute Gasteiger partial charge is 0.0374 e. The maximum absolute atomic E-state index is 3.19. The van der Waals surface area contributed by atoms with Crippen molar-refractivity contribution in [1.82, 2.24) is 5.32 Å². The second-order valence-corrected chi connectivity index (χ2v) is 2.37. The number of dihydropyridines is 1. The van der Waals surface area contributed by atoms with Crippen LogP contribution in [-0.2, 0) is 0 Å². The van der Waals surface area contributed by atoms with Crippen LogP contribution < -0.4 is 5.32 Å². The molecule has 0 unspecified atom stereocenters. The number of hydrogen-bond donors (Lipinski definition) is 1. The molecule has 0 radical (unpaired) electrons. The van der Waals surface area contributed by atoms with Crippen molar-refractivity contribution in [3.8, 4) is 0 Å². The standard InChI is InChI=1S/C8H9N/c1-3-7-4-2-6-9-8(7)5-1/h1-2,5-6,9H,3-4H2. The fourth-order valence-corrected chi connectivity index (χ4v) is 1.24. The van der Waals surface area contributed by atoms with Gasteiger partial charge in [-0.25, -0.2) is 0 Å². The molecule has 2 rings (SSSR count). The summed E-state index contributed by atoms with van der Waals surface area (Å²) in [5.41, 5.74) is 2.84. The average molecular weight is 119 g/mol. The molecule has 1 aliphatic heterocycles. The summed E-state index contributed by atoms with van der Waals surface area (Å²) in [6.45, 7) is 0. The highest BCUT2D eigenvalue weighted by Crippen LogP contribution is 2.22. The Morgan fingerprint density at radius 1 is 1.22 bits per heavy atom. The van der Waals surface area contributed by atoms with Crippen LogP contribution >= 0.6 is 0 Å². The molecule has 0 bridgehead atoms. The molecule has 0 saturated heterocycles. The molecule has 2 aliphatic rings. The van der Waals surface area contributed by atoms with Gasteiger partial charge in [0, 0.05) is 5.70 Å². The van der Waals surface area contributed by atoms with Crippen molar-refractivity contribution in [2.75, 3.05) is 0 Å². The number of hydrogen-bond acceptors (Lipinski definition) is 1. The molecule has 0 spiro atoms. The molecular formula is C8H9N. The van der Waals surface area contributed by atoms with E-state index in [2.05, 4.69) is 23.5 Å².